The highest BCUT2D eigenvalue weighted by Gasteiger charge is 2.66. The van der Waals surface area contributed by atoms with E-state index < -0.39 is 17.3 Å². The van der Waals surface area contributed by atoms with Crippen LogP contribution in [0.5, 0.6) is 0 Å². The van der Waals surface area contributed by atoms with E-state index in [1.165, 1.54) is 19.3 Å². The highest BCUT2D eigenvalue weighted by atomic mass is 16.4. The van der Waals surface area contributed by atoms with Crippen LogP contribution < -0.4 is 5.32 Å². The van der Waals surface area contributed by atoms with Crippen LogP contribution in [0.2, 0.25) is 0 Å². The van der Waals surface area contributed by atoms with Crippen molar-refractivity contribution in [2.24, 2.45) is 35.0 Å². The van der Waals surface area contributed by atoms with Crippen molar-refractivity contribution in [1.82, 2.24) is 5.32 Å². The molecule has 0 saturated heterocycles. The van der Waals surface area contributed by atoms with Crippen molar-refractivity contribution < 1.29 is 14.7 Å². The fourth-order valence-corrected chi connectivity index (χ4v) is 6.19. The first kappa shape index (κ1) is 13.6. The Morgan fingerprint density at radius 2 is 1.43 bits per heavy atom. The normalized spacial score (nSPS) is 49.0. The van der Waals surface area contributed by atoms with Crippen molar-refractivity contribution in [3.63, 3.8) is 0 Å². The summed E-state index contributed by atoms with van der Waals surface area (Å²) in [7, 11) is 0. The topological polar surface area (TPSA) is 66.4 Å². The summed E-state index contributed by atoms with van der Waals surface area (Å²) in [6, 6.07) is 0. The van der Waals surface area contributed by atoms with E-state index in [9.17, 15) is 14.7 Å². The molecule has 0 aliphatic heterocycles. The molecule has 5 aliphatic rings. The van der Waals surface area contributed by atoms with Crippen LogP contribution in [0.4, 0.5) is 0 Å². The monoisotopic (exact) mass is 291 g/mol. The minimum atomic E-state index is -0.828. The average Bonchev–Trinajstić information content (AvgIpc) is 2.90. The van der Waals surface area contributed by atoms with Crippen LogP contribution in [0.3, 0.4) is 0 Å². The molecule has 4 nitrogen and oxygen atoms in total. The van der Waals surface area contributed by atoms with E-state index in [2.05, 4.69) is 5.32 Å². The van der Waals surface area contributed by atoms with Crippen LogP contribution in [-0.2, 0) is 9.59 Å². The van der Waals surface area contributed by atoms with E-state index in [-0.39, 0.29) is 17.4 Å². The van der Waals surface area contributed by atoms with Gasteiger partial charge >= 0.3 is 5.97 Å². The van der Waals surface area contributed by atoms with Crippen molar-refractivity contribution in [3.05, 3.63) is 0 Å². The average molecular weight is 291 g/mol. The Hall–Kier alpha value is -1.06. The standard InChI is InChI=1S/C17H25NO3/c1-16(2)12(13(16)15(20)21)14(19)18-17-6-9-3-10(7-17)5-11(4-9)8-17/h9-13H,3-8H2,1-2H3,(H,18,19)(H,20,21)/t9?,10?,11?,12-,13+,17?/m1/s1. The lowest BCUT2D eigenvalue weighted by Crippen LogP contribution is -2.60. The van der Waals surface area contributed by atoms with Gasteiger partial charge in [-0.3, -0.25) is 9.59 Å². The molecule has 0 aromatic heterocycles. The van der Waals surface area contributed by atoms with Gasteiger partial charge in [-0.2, -0.15) is 0 Å². The zero-order chi connectivity index (χ0) is 15.0. The van der Waals surface area contributed by atoms with Gasteiger partial charge in [-0.05, 0) is 61.7 Å². The van der Waals surface area contributed by atoms with Crippen LogP contribution in [0, 0.1) is 35.0 Å². The number of carboxylic acid groups (broad SMARTS) is 1. The molecule has 4 heteroatoms. The minimum Gasteiger partial charge on any atom is -0.481 e. The fraction of sp³-hybridized carbons (Fsp3) is 0.882. The lowest BCUT2D eigenvalue weighted by atomic mass is 9.53. The summed E-state index contributed by atoms with van der Waals surface area (Å²) in [6.07, 6.45) is 7.41. The van der Waals surface area contributed by atoms with Crippen LogP contribution >= 0.6 is 0 Å². The summed E-state index contributed by atoms with van der Waals surface area (Å²) in [5, 5.41) is 12.6. The first-order chi connectivity index (χ1) is 9.81. The molecule has 2 atom stereocenters. The summed E-state index contributed by atoms with van der Waals surface area (Å²) in [5.41, 5.74) is -0.397. The molecule has 5 rings (SSSR count). The first-order valence-corrected chi connectivity index (χ1v) is 8.35. The van der Waals surface area contributed by atoms with E-state index in [1.54, 1.807) is 0 Å². The van der Waals surface area contributed by atoms with Gasteiger partial charge in [0.25, 0.3) is 0 Å². The number of amides is 1. The lowest BCUT2D eigenvalue weighted by Gasteiger charge is -2.57. The van der Waals surface area contributed by atoms with Gasteiger partial charge in [-0.25, -0.2) is 0 Å². The highest BCUT2D eigenvalue weighted by molar-refractivity contribution is 5.92. The van der Waals surface area contributed by atoms with Gasteiger partial charge in [0, 0.05) is 5.54 Å². The van der Waals surface area contributed by atoms with Gasteiger partial charge in [0.2, 0.25) is 5.91 Å². The number of rotatable bonds is 3. The molecule has 1 amide bonds. The molecule has 4 bridgehead atoms. The zero-order valence-electron chi connectivity index (χ0n) is 12.9. The van der Waals surface area contributed by atoms with Gasteiger partial charge in [-0.15, -0.1) is 0 Å². The molecule has 5 saturated carbocycles. The number of hydrogen-bond acceptors (Lipinski definition) is 2. The SMILES string of the molecule is CC1(C)[C@H](C(=O)O)[C@@H]1C(=O)NC12CC3CC(CC(C3)C1)C2. The Labute approximate surface area is 125 Å². The second kappa shape index (κ2) is 4.02. The Bertz CT molecular complexity index is 475. The molecule has 21 heavy (non-hydrogen) atoms. The molecular formula is C17H25NO3. The Morgan fingerprint density at radius 1 is 0.952 bits per heavy atom. The molecule has 5 fully saturated rings. The lowest BCUT2D eigenvalue weighted by molar-refractivity contribution is -0.141. The molecule has 0 unspecified atom stereocenters. The van der Waals surface area contributed by atoms with E-state index in [4.69, 9.17) is 0 Å². The Morgan fingerprint density at radius 3 is 1.81 bits per heavy atom. The smallest absolute Gasteiger partial charge is 0.307 e. The third kappa shape index (κ3) is 1.94. The van der Waals surface area contributed by atoms with Gasteiger partial charge < -0.3 is 10.4 Å². The minimum absolute atomic E-state index is 0.00523. The molecule has 0 radical (unpaired) electrons. The maximum Gasteiger partial charge on any atom is 0.307 e. The van der Waals surface area contributed by atoms with Crippen LogP contribution in [0.25, 0.3) is 0 Å². The Kier molecular flexibility index (Phi) is 2.60. The maximum atomic E-state index is 12.6. The number of carbonyl (C=O) groups is 2. The molecule has 0 heterocycles. The maximum absolute atomic E-state index is 12.6. The number of nitrogens with one attached hydrogen (secondary N) is 1. The molecule has 0 spiro atoms. The number of carboxylic acids is 1. The van der Waals surface area contributed by atoms with Gasteiger partial charge in [0.15, 0.2) is 0 Å². The first-order valence-electron chi connectivity index (χ1n) is 8.35. The van der Waals surface area contributed by atoms with Crippen LogP contribution in [0.1, 0.15) is 52.4 Å². The summed E-state index contributed by atoms with van der Waals surface area (Å²) in [5.74, 6) is 0.687. The van der Waals surface area contributed by atoms with E-state index in [0.29, 0.717) is 0 Å². The fourth-order valence-electron chi connectivity index (χ4n) is 6.19. The summed E-state index contributed by atoms with van der Waals surface area (Å²) in [6.45, 7) is 3.80. The summed E-state index contributed by atoms with van der Waals surface area (Å²) < 4.78 is 0. The van der Waals surface area contributed by atoms with Crippen molar-refractivity contribution in [2.45, 2.75) is 57.9 Å². The largest absolute Gasteiger partial charge is 0.481 e. The van der Waals surface area contributed by atoms with E-state index >= 15 is 0 Å². The van der Waals surface area contributed by atoms with Crippen LogP contribution in [-0.4, -0.2) is 22.5 Å². The molecular weight excluding hydrogens is 266 g/mol. The van der Waals surface area contributed by atoms with E-state index in [1.807, 2.05) is 13.8 Å². The predicted octanol–water partition coefficient (Wildman–Crippen LogP) is 2.43. The molecule has 2 N–H and O–H groups in total. The molecule has 5 aliphatic carbocycles. The third-order valence-electron chi connectivity index (χ3n) is 6.80. The van der Waals surface area contributed by atoms with Crippen LogP contribution in [0.15, 0.2) is 0 Å². The second-order valence-corrected chi connectivity index (χ2v) is 8.80. The summed E-state index contributed by atoms with van der Waals surface area (Å²) >= 11 is 0. The van der Waals surface area contributed by atoms with E-state index in [0.717, 1.165) is 37.0 Å². The second-order valence-electron chi connectivity index (χ2n) is 8.80. The molecule has 0 aromatic rings. The van der Waals surface area contributed by atoms with Gasteiger partial charge in [-0.1, -0.05) is 13.8 Å². The molecule has 116 valence electrons. The number of carbonyl (C=O) groups excluding carboxylic acids is 1. The third-order valence-corrected chi connectivity index (χ3v) is 6.80. The number of hydrogen-bond donors (Lipinski definition) is 2. The summed E-state index contributed by atoms with van der Waals surface area (Å²) in [4.78, 5) is 23.9. The Balaban J connectivity index is 1.49. The molecule has 0 aromatic carbocycles. The zero-order valence-corrected chi connectivity index (χ0v) is 12.9. The highest BCUT2D eigenvalue weighted by Crippen LogP contribution is 2.60. The van der Waals surface area contributed by atoms with Crippen molar-refractivity contribution >= 4 is 11.9 Å². The quantitative estimate of drug-likeness (QED) is 0.839. The van der Waals surface area contributed by atoms with Crippen molar-refractivity contribution in [1.29, 1.82) is 0 Å². The number of aliphatic carboxylic acids is 1. The van der Waals surface area contributed by atoms with Gasteiger partial charge in [0.1, 0.15) is 0 Å². The van der Waals surface area contributed by atoms with Crippen molar-refractivity contribution in [2.75, 3.05) is 0 Å². The van der Waals surface area contributed by atoms with Crippen molar-refractivity contribution in [3.8, 4) is 0 Å². The van der Waals surface area contributed by atoms with Gasteiger partial charge in [0.05, 0.1) is 11.8 Å². The predicted molar refractivity (Wildman–Crippen MR) is 77.4 cm³/mol.